The van der Waals surface area contributed by atoms with Crippen LogP contribution in [-0.4, -0.2) is 41.6 Å². The molecule has 5 heteroatoms. The third-order valence-electron chi connectivity index (χ3n) is 2.34. The molecule has 2 rings (SSSR count). The molecule has 2 aliphatic rings. The van der Waals surface area contributed by atoms with Gasteiger partial charge in [0.2, 0.25) is 0 Å². The lowest BCUT2D eigenvalue weighted by Gasteiger charge is -2.43. The second-order valence-electron chi connectivity index (χ2n) is 3.88. The van der Waals surface area contributed by atoms with E-state index in [9.17, 15) is 14.4 Å². The van der Waals surface area contributed by atoms with Crippen LogP contribution in [0.4, 0.5) is 0 Å². The second kappa shape index (κ2) is 5.03. The Morgan fingerprint density at radius 3 is 2.00 bits per heavy atom. The quantitative estimate of drug-likeness (QED) is 0.524. The van der Waals surface area contributed by atoms with Gasteiger partial charge in [0.25, 0.3) is 11.8 Å². The van der Waals surface area contributed by atoms with Gasteiger partial charge in [0, 0.05) is 25.2 Å². The fourth-order valence-electron chi connectivity index (χ4n) is 1.51. The van der Waals surface area contributed by atoms with Crippen LogP contribution in [0.1, 0.15) is 20.3 Å². The zero-order valence-corrected chi connectivity index (χ0v) is 9.53. The van der Waals surface area contributed by atoms with E-state index in [0.717, 1.165) is 4.90 Å². The molecule has 0 radical (unpaired) electrons. The van der Waals surface area contributed by atoms with Crippen LogP contribution in [0.3, 0.4) is 0 Å². The van der Waals surface area contributed by atoms with Crippen molar-refractivity contribution in [1.29, 1.82) is 0 Å². The molecule has 88 valence electrons. The molecule has 1 saturated heterocycles. The largest absolute Gasteiger partial charge is 0.311 e. The summed E-state index contributed by atoms with van der Waals surface area (Å²) in [4.78, 5) is 34.2. The van der Waals surface area contributed by atoms with Crippen molar-refractivity contribution in [2.24, 2.45) is 0 Å². The number of hydrogen-bond acceptors (Lipinski definition) is 4. The number of carbonyl (C=O) groups excluding carboxylic acids is 3. The molecule has 5 nitrogen and oxygen atoms in total. The van der Waals surface area contributed by atoms with Gasteiger partial charge in [0.1, 0.15) is 11.8 Å². The maximum absolute atomic E-state index is 11.2. The maximum atomic E-state index is 11.2. The molecule has 1 fully saturated rings. The van der Waals surface area contributed by atoms with Crippen LogP contribution in [0.5, 0.6) is 0 Å². The summed E-state index contributed by atoms with van der Waals surface area (Å²) in [7, 11) is 0. The van der Waals surface area contributed by atoms with Gasteiger partial charge in [0.05, 0.1) is 0 Å². The van der Waals surface area contributed by atoms with Gasteiger partial charge in [-0.2, -0.15) is 0 Å². The van der Waals surface area contributed by atoms with E-state index < -0.39 is 17.4 Å². The molecule has 0 atom stereocenters. The van der Waals surface area contributed by atoms with Crippen LogP contribution in [-0.2, 0) is 14.4 Å². The normalized spacial score (nSPS) is 21.2. The van der Waals surface area contributed by atoms with Crippen molar-refractivity contribution in [3.05, 3.63) is 12.2 Å². The van der Waals surface area contributed by atoms with E-state index in [1.54, 1.807) is 0 Å². The van der Waals surface area contributed by atoms with Crippen molar-refractivity contribution in [1.82, 2.24) is 10.2 Å². The molecular weight excluding hydrogens is 208 g/mol. The molecule has 2 aliphatic heterocycles. The average molecular weight is 224 g/mol. The first-order valence-corrected chi connectivity index (χ1v) is 5.34. The summed E-state index contributed by atoms with van der Waals surface area (Å²) >= 11 is 0. The topological polar surface area (TPSA) is 66.5 Å². The number of amides is 2. The molecule has 0 spiro atoms. The van der Waals surface area contributed by atoms with E-state index in [-0.39, 0.29) is 0 Å². The van der Waals surface area contributed by atoms with Crippen LogP contribution in [0.25, 0.3) is 0 Å². The Morgan fingerprint density at radius 1 is 1.31 bits per heavy atom. The highest BCUT2D eigenvalue weighted by Gasteiger charge is 2.48. The molecule has 0 aromatic rings. The monoisotopic (exact) mass is 224 g/mol. The number of imide groups is 1. The van der Waals surface area contributed by atoms with Gasteiger partial charge in [-0.25, -0.2) is 0 Å². The second-order valence-corrected chi connectivity index (χ2v) is 3.88. The zero-order chi connectivity index (χ0) is 12.2. The van der Waals surface area contributed by atoms with Gasteiger partial charge < -0.3 is 10.1 Å². The van der Waals surface area contributed by atoms with Crippen LogP contribution in [0.2, 0.25) is 0 Å². The Morgan fingerprint density at radius 2 is 1.75 bits per heavy atom. The van der Waals surface area contributed by atoms with Crippen LogP contribution in [0.15, 0.2) is 12.2 Å². The molecule has 2 heterocycles. The number of carbonyl (C=O) groups is 3. The maximum Gasteiger partial charge on any atom is 0.254 e. The highest BCUT2D eigenvalue weighted by atomic mass is 16.2. The van der Waals surface area contributed by atoms with Crippen molar-refractivity contribution in [2.45, 2.75) is 25.8 Å². The number of nitrogens with one attached hydrogen (secondary N) is 1. The van der Waals surface area contributed by atoms with Crippen LogP contribution < -0.4 is 5.32 Å². The predicted molar refractivity (Wildman–Crippen MR) is 58.6 cm³/mol. The first kappa shape index (κ1) is 12.6. The average Bonchev–Trinajstić information content (AvgIpc) is 2.50. The van der Waals surface area contributed by atoms with Crippen molar-refractivity contribution in [3.8, 4) is 0 Å². The zero-order valence-electron chi connectivity index (χ0n) is 9.53. The summed E-state index contributed by atoms with van der Waals surface area (Å²) in [6.07, 6.45) is 4.28. The van der Waals surface area contributed by atoms with Gasteiger partial charge in [-0.05, 0) is 0 Å². The van der Waals surface area contributed by atoms with Crippen molar-refractivity contribution < 1.29 is 14.4 Å². The van der Waals surface area contributed by atoms with Gasteiger partial charge in [-0.1, -0.05) is 20.3 Å². The summed E-state index contributed by atoms with van der Waals surface area (Å²) in [6, 6.07) is 0. The summed E-state index contributed by atoms with van der Waals surface area (Å²) in [5, 5.41) is 2.87. The van der Waals surface area contributed by atoms with E-state index >= 15 is 0 Å². The molecule has 0 bridgehead atoms. The van der Waals surface area contributed by atoms with Crippen LogP contribution >= 0.6 is 0 Å². The Bertz CT molecular complexity index is 314. The first-order valence-electron chi connectivity index (χ1n) is 5.34. The van der Waals surface area contributed by atoms with E-state index in [4.69, 9.17) is 0 Å². The molecule has 0 unspecified atom stereocenters. The predicted octanol–water partition coefficient (Wildman–Crippen LogP) is -0.131. The number of hydrogen-bond donors (Lipinski definition) is 1. The third kappa shape index (κ3) is 2.04. The Labute approximate surface area is 94.5 Å². The van der Waals surface area contributed by atoms with Gasteiger partial charge >= 0.3 is 0 Å². The van der Waals surface area contributed by atoms with Gasteiger partial charge in [0.15, 0.2) is 0 Å². The highest BCUT2D eigenvalue weighted by Crippen LogP contribution is 2.22. The summed E-state index contributed by atoms with van der Waals surface area (Å²) < 4.78 is 0. The third-order valence-corrected chi connectivity index (χ3v) is 2.34. The summed E-state index contributed by atoms with van der Waals surface area (Å²) in [5.74, 6) is -0.808. The lowest BCUT2D eigenvalue weighted by Crippen LogP contribution is -2.71. The van der Waals surface area contributed by atoms with E-state index in [1.165, 1.54) is 18.6 Å². The molecule has 0 saturated carbocycles. The SMILES string of the molecule is CCC.O=CC1(N2C(=O)C=CC2=O)CNC1. The minimum absolute atomic E-state index is 0.357. The number of aldehydes is 1. The van der Waals surface area contributed by atoms with E-state index in [0.29, 0.717) is 19.4 Å². The lowest BCUT2D eigenvalue weighted by atomic mass is 9.92. The number of rotatable bonds is 2. The molecule has 1 N–H and O–H groups in total. The Balaban J connectivity index is 0.000000386. The Hall–Kier alpha value is -1.49. The van der Waals surface area contributed by atoms with Gasteiger partial charge in [-0.15, -0.1) is 0 Å². The first-order chi connectivity index (χ1) is 7.61. The van der Waals surface area contributed by atoms with Crippen molar-refractivity contribution in [3.63, 3.8) is 0 Å². The fourth-order valence-corrected chi connectivity index (χ4v) is 1.51. The standard InChI is InChI=1S/C8H8N2O3.C3H8/c11-5-8(3-9-4-8)10-6(12)1-2-7(10)13;1-3-2/h1-2,5,9H,3-4H2;3H2,1-2H3. The minimum atomic E-state index is -0.933. The smallest absolute Gasteiger partial charge is 0.254 e. The van der Waals surface area contributed by atoms with Crippen LogP contribution in [0, 0.1) is 0 Å². The Kier molecular flexibility index (Phi) is 3.95. The summed E-state index contributed by atoms with van der Waals surface area (Å²) in [6.45, 7) is 4.96. The van der Waals surface area contributed by atoms with Crippen molar-refractivity contribution >= 4 is 18.1 Å². The number of nitrogens with zero attached hydrogens (tertiary/aromatic N) is 1. The molecule has 16 heavy (non-hydrogen) atoms. The van der Waals surface area contributed by atoms with Gasteiger partial charge in [-0.3, -0.25) is 14.5 Å². The molecule has 0 aromatic carbocycles. The van der Waals surface area contributed by atoms with Crippen molar-refractivity contribution in [2.75, 3.05) is 13.1 Å². The fraction of sp³-hybridized carbons (Fsp3) is 0.545. The minimum Gasteiger partial charge on any atom is -0.311 e. The van der Waals surface area contributed by atoms with E-state index in [2.05, 4.69) is 19.2 Å². The highest BCUT2D eigenvalue weighted by molar-refractivity contribution is 6.15. The molecule has 0 aromatic heterocycles. The molecular formula is C11H16N2O3. The molecule has 0 aliphatic carbocycles. The summed E-state index contributed by atoms with van der Waals surface area (Å²) in [5.41, 5.74) is -0.933. The lowest BCUT2D eigenvalue weighted by molar-refractivity contribution is -0.150. The van der Waals surface area contributed by atoms with E-state index in [1.807, 2.05) is 0 Å². The molecule has 2 amide bonds.